The highest BCUT2D eigenvalue weighted by molar-refractivity contribution is 6.02. The van der Waals surface area contributed by atoms with Gasteiger partial charge >= 0.3 is 5.88 Å². The van der Waals surface area contributed by atoms with Crippen LogP contribution in [-0.4, -0.2) is 32.6 Å². The van der Waals surface area contributed by atoms with Gasteiger partial charge in [-0.2, -0.15) is 5.10 Å². The molecular formula is C15H18N6O5. The Morgan fingerprint density at radius 1 is 1.54 bits per heavy atom. The molecule has 3 rings (SSSR count). The van der Waals surface area contributed by atoms with Gasteiger partial charge in [0, 0.05) is 18.5 Å². The van der Waals surface area contributed by atoms with Crippen LogP contribution >= 0.6 is 0 Å². The van der Waals surface area contributed by atoms with E-state index in [-0.39, 0.29) is 17.7 Å². The van der Waals surface area contributed by atoms with E-state index in [0.717, 1.165) is 12.5 Å². The number of rotatable bonds is 5. The number of aryl methyl sites for hydroxylation is 1. The molecule has 2 atom stereocenters. The van der Waals surface area contributed by atoms with E-state index in [9.17, 15) is 19.7 Å². The number of nitrogens with one attached hydrogen (secondary N) is 3. The fourth-order valence-corrected chi connectivity index (χ4v) is 2.69. The molecule has 3 N–H and O–H groups in total. The Labute approximate surface area is 147 Å². The number of nitrogens with zero attached hydrogens (tertiary/aromatic N) is 3. The third-order valence-corrected chi connectivity index (χ3v) is 3.96. The van der Waals surface area contributed by atoms with Gasteiger partial charge in [-0.1, -0.05) is 6.92 Å². The quantitative estimate of drug-likeness (QED) is 0.537. The fraction of sp³-hybridized carbons (Fsp3) is 0.400. The minimum Gasteiger partial charge on any atom is -0.395 e. The van der Waals surface area contributed by atoms with E-state index in [4.69, 9.17) is 4.42 Å². The lowest BCUT2D eigenvalue weighted by Crippen LogP contribution is -2.53. The van der Waals surface area contributed by atoms with E-state index in [0.29, 0.717) is 17.9 Å². The van der Waals surface area contributed by atoms with Gasteiger partial charge < -0.3 is 15.1 Å². The maximum absolute atomic E-state index is 12.3. The molecule has 0 aromatic carbocycles. The van der Waals surface area contributed by atoms with Crippen LogP contribution in [0.2, 0.25) is 0 Å². The Kier molecular flexibility index (Phi) is 4.71. The molecule has 2 aromatic rings. The highest BCUT2D eigenvalue weighted by Gasteiger charge is 2.28. The second-order valence-electron chi connectivity index (χ2n) is 5.91. The maximum Gasteiger partial charge on any atom is 0.433 e. The highest BCUT2D eigenvalue weighted by Crippen LogP contribution is 2.20. The predicted molar refractivity (Wildman–Crippen MR) is 89.3 cm³/mol. The van der Waals surface area contributed by atoms with Gasteiger partial charge in [0.25, 0.3) is 5.91 Å². The van der Waals surface area contributed by atoms with Gasteiger partial charge in [0.1, 0.15) is 10.7 Å². The molecule has 2 amide bonds. The molecule has 0 spiro atoms. The summed E-state index contributed by atoms with van der Waals surface area (Å²) in [5.41, 5.74) is 0.625. The molecule has 11 heteroatoms. The number of amides is 2. The molecule has 0 bridgehead atoms. The summed E-state index contributed by atoms with van der Waals surface area (Å²) < 4.78 is 6.35. The lowest BCUT2D eigenvalue weighted by Gasteiger charge is -2.31. The topological polar surface area (TPSA) is 144 Å². The number of hydrogen-bond acceptors (Lipinski definition) is 7. The predicted octanol–water partition coefficient (Wildman–Crippen LogP) is 1.29. The highest BCUT2D eigenvalue weighted by atomic mass is 16.6. The summed E-state index contributed by atoms with van der Waals surface area (Å²) in [4.78, 5) is 34.1. The molecule has 1 fully saturated rings. The Hall–Kier alpha value is -3.21. The van der Waals surface area contributed by atoms with E-state index in [1.165, 1.54) is 10.7 Å². The van der Waals surface area contributed by atoms with Crippen molar-refractivity contribution in [2.75, 3.05) is 5.32 Å². The second kappa shape index (κ2) is 6.96. The molecule has 2 aromatic heterocycles. The van der Waals surface area contributed by atoms with Gasteiger partial charge in [0.05, 0.1) is 11.8 Å². The van der Waals surface area contributed by atoms with E-state index >= 15 is 0 Å². The van der Waals surface area contributed by atoms with Crippen LogP contribution in [0.25, 0.3) is 0 Å². The minimum absolute atomic E-state index is 0.00506. The van der Waals surface area contributed by atoms with Gasteiger partial charge in [-0.25, -0.2) is 4.68 Å². The first-order chi connectivity index (χ1) is 12.4. The van der Waals surface area contributed by atoms with Crippen LogP contribution in [0.1, 0.15) is 42.3 Å². The summed E-state index contributed by atoms with van der Waals surface area (Å²) in [5.74, 6) is -1.18. The lowest BCUT2D eigenvalue weighted by atomic mass is 10.1. The lowest BCUT2D eigenvalue weighted by molar-refractivity contribution is -0.402. The van der Waals surface area contributed by atoms with Crippen molar-refractivity contribution in [3.63, 3.8) is 0 Å². The molecule has 0 radical (unpaired) electrons. The van der Waals surface area contributed by atoms with Crippen molar-refractivity contribution in [3.05, 3.63) is 39.8 Å². The van der Waals surface area contributed by atoms with Crippen molar-refractivity contribution < 1.29 is 18.9 Å². The zero-order valence-corrected chi connectivity index (χ0v) is 14.2. The van der Waals surface area contributed by atoms with Crippen molar-refractivity contribution in [1.82, 2.24) is 20.4 Å². The molecule has 26 heavy (non-hydrogen) atoms. The van der Waals surface area contributed by atoms with Crippen molar-refractivity contribution in [3.8, 4) is 0 Å². The molecule has 0 saturated carbocycles. The van der Waals surface area contributed by atoms with E-state index in [2.05, 4.69) is 21.0 Å². The number of furan rings is 1. The van der Waals surface area contributed by atoms with E-state index in [1.807, 2.05) is 6.92 Å². The minimum atomic E-state index is -0.725. The summed E-state index contributed by atoms with van der Waals surface area (Å²) >= 11 is 0. The zero-order chi connectivity index (χ0) is 18.8. The normalized spacial score (nSPS) is 19.8. The first-order valence-electron chi connectivity index (χ1n) is 8.04. The van der Waals surface area contributed by atoms with Gasteiger partial charge in [-0.3, -0.25) is 25.0 Å². The number of carbonyl (C=O) groups is 2. The molecule has 0 aliphatic carbocycles. The molecule has 1 aliphatic rings. The summed E-state index contributed by atoms with van der Waals surface area (Å²) in [6, 6.07) is 3.94. The van der Waals surface area contributed by atoms with Crippen molar-refractivity contribution in [2.45, 2.75) is 39.0 Å². The summed E-state index contributed by atoms with van der Waals surface area (Å²) in [5, 5.41) is 23.6. The van der Waals surface area contributed by atoms with Crippen LogP contribution in [0.5, 0.6) is 0 Å². The third-order valence-electron chi connectivity index (χ3n) is 3.96. The molecule has 3 heterocycles. The van der Waals surface area contributed by atoms with Gasteiger partial charge in [-0.05, 0) is 19.4 Å². The smallest absolute Gasteiger partial charge is 0.395 e. The molecule has 1 saturated heterocycles. The summed E-state index contributed by atoms with van der Waals surface area (Å²) in [6.07, 6.45) is 0.517. The maximum atomic E-state index is 12.3. The van der Waals surface area contributed by atoms with Gasteiger partial charge in [-0.15, -0.1) is 0 Å². The molecule has 1 aliphatic heterocycles. The second-order valence-corrected chi connectivity index (χ2v) is 5.91. The van der Waals surface area contributed by atoms with Gasteiger partial charge in [0.2, 0.25) is 5.91 Å². The Morgan fingerprint density at radius 2 is 2.31 bits per heavy atom. The number of hydrogen-bond donors (Lipinski definition) is 3. The van der Waals surface area contributed by atoms with E-state index in [1.54, 1.807) is 13.0 Å². The molecular weight excluding hydrogens is 344 g/mol. The molecule has 138 valence electrons. The van der Waals surface area contributed by atoms with Gasteiger partial charge in [0.15, 0.2) is 12.0 Å². The average Bonchev–Trinajstić information content (AvgIpc) is 3.21. The summed E-state index contributed by atoms with van der Waals surface area (Å²) in [7, 11) is 0. The van der Waals surface area contributed by atoms with Crippen molar-refractivity contribution in [2.24, 2.45) is 0 Å². The third kappa shape index (κ3) is 3.57. The zero-order valence-electron chi connectivity index (χ0n) is 14.2. The monoisotopic (exact) mass is 362 g/mol. The first-order valence-corrected chi connectivity index (χ1v) is 8.04. The standard InChI is InChI=1S/C15H18N6O5/c1-3-9-7-12(22)18-15(16-9)20-11(6-8(2)19-20)17-14(23)10-4-5-13(26-10)21(24)25/h4-6,9,15-16H,3,7H2,1-2H3,(H,17,23)(H,18,22). The van der Waals surface area contributed by atoms with Crippen LogP contribution in [0.4, 0.5) is 11.7 Å². The Bertz CT molecular complexity index is 857. The fourth-order valence-electron chi connectivity index (χ4n) is 2.69. The van der Waals surface area contributed by atoms with Crippen molar-refractivity contribution in [1.29, 1.82) is 0 Å². The van der Waals surface area contributed by atoms with Crippen LogP contribution in [-0.2, 0) is 4.79 Å². The van der Waals surface area contributed by atoms with Crippen LogP contribution in [0, 0.1) is 17.0 Å². The van der Waals surface area contributed by atoms with Crippen LogP contribution in [0.15, 0.2) is 22.6 Å². The number of carbonyl (C=O) groups excluding carboxylic acids is 2. The Morgan fingerprint density at radius 3 is 2.96 bits per heavy atom. The molecule has 11 nitrogen and oxygen atoms in total. The average molecular weight is 362 g/mol. The largest absolute Gasteiger partial charge is 0.433 e. The number of aromatic nitrogens is 2. The molecule has 2 unspecified atom stereocenters. The van der Waals surface area contributed by atoms with Crippen LogP contribution in [0.3, 0.4) is 0 Å². The first kappa shape index (κ1) is 17.6. The SMILES string of the molecule is CCC1CC(=O)NC(n2nc(C)cc2NC(=O)c2ccc([N+](=O)[O-])o2)N1. The Balaban J connectivity index is 1.81. The van der Waals surface area contributed by atoms with E-state index < -0.39 is 23.0 Å². The number of nitro groups is 1. The number of anilines is 1. The summed E-state index contributed by atoms with van der Waals surface area (Å²) in [6.45, 7) is 3.71. The van der Waals surface area contributed by atoms with Crippen LogP contribution < -0.4 is 16.0 Å². The van der Waals surface area contributed by atoms with Crippen molar-refractivity contribution >= 4 is 23.5 Å².